The second-order valence-electron chi connectivity index (χ2n) is 2.96. The van der Waals surface area contributed by atoms with E-state index in [1.807, 2.05) is 0 Å². The first kappa shape index (κ1) is 12.3. The summed E-state index contributed by atoms with van der Waals surface area (Å²) in [7, 11) is -3.50. The number of primary sulfonamides is 1. The van der Waals surface area contributed by atoms with E-state index in [2.05, 4.69) is 15.5 Å². The van der Waals surface area contributed by atoms with Crippen LogP contribution in [0, 0.1) is 0 Å². The Labute approximate surface area is 92.1 Å². The Kier molecular flexibility index (Phi) is 3.74. The molecule has 5 N–H and O–H groups in total. The number of primary amides is 1. The molecule has 9 heteroatoms. The molecule has 0 aromatic carbocycles. The molecule has 0 aliphatic heterocycles. The van der Waals surface area contributed by atoms with E-state index < -0.39 is 15.9 Å². The number of amides is 1. The molecule has 1 aromatic rings. The van der Waals surface area contributed by atoms with E-state index in [-0.39, 0.29) is 18.0 Å². The number of nitrogens with one attached hydrogen (secondary N) is 1. The van der Waals surface area contributed by atoms with Crippen molar-refractivity contribution >= 4 is 21.7 Å². The fraction of sp³-hybridized carbons (Fsp3) is 0.286. The minimum absolute atomic E-state index is 0.0389. The summed E-state index contributed by atoms with van der Waals surface area (Å²) in [6.07, 6.45) is 0. The third kappa shape index (κ3) is 4.19. The van der Waals surface area contributed by atoms with E-state index in [4.69, 9.17) is 10.9 Å². The number of nitrogens with two attached hydrogens (primary N) is 2. The standard InChI is InChI=1S/C7H11N5O3S/c8-7(13)5-1-2-6(12-11-5)10-3-4-16(9,14)15/h1-2H,3-4H2,(H2,8,13)(H,10,12)(H2,9,14,15). The average molecular weight is 245 g/mol. The van der Waals surface area contributed by atoms with Crippen LogP contribution in [0.5, 0.6) is 0 Å². The zero-order chi connectivity index (χ0) is 12.2. The Morgan fingerprint density at radius 1 is 1.38 bits per heavy atom. The van der Waals surface area contributed by atoms with Crippen LogP contribution in [-0.4, -0.2) is 36.8 Å². The first-order valence-corrected chi connectivity index (χ1v) is 5.98. The van der Waals surface area contributed by atoms with Crippen LogP contribution in [0.15, 0.2) is 12.1 Å². The van der Waals surface area contributed by atoms with Gasteiger partial charge in [0.05, 0.1) is 5.75 Å². The van der Waals surface area contributed by atoms with Gasteiger partial charge < -0.3 is 11.1 Å². The highest BCUT2D eigenvalue weighted by Crippen LogP contribution is 2.00. The summed E-state index contributed by atoms with van der Waals surface area (Å²) in [5.74, 6) is -0.552. The highest BCUT2D eigenvalue weighted by Gasteiger charge is 2.04. The van der Waals surface area contributed by atoms with Crippen molar-refractivity contribution in [2.24, 2.45) is 10.9 Å². The minimum Gasteiger partial charge on any atom is -0.368 e. The maximum absolute atomic E-state index is 10.7. The normalized spacial score (nSPS) is 11.1. The van der Waals surface area contributed by atoms with Gasteiger partial charge in [-0.05, 0) is 12.1 Å². The zero-order valence-electron chi connectivity index (χ0n) is 8.25. The molecule has 16 heavy (non-hydrogen) atoms. The van der Waals surface area contributed by atoms with Crippen LogP contribution in [0.2, 0.25) is 0 Å². The molecule has 1 heterocycles. The van der Waals surface area contributed by atoms with Gasteiger partial charge in [0.25, 0.3) is 5.91 Å². The van der Waals surface area contributed by atoms with Gasteiger partial charge in [-0.1, -0.05) is 0 Å². The van der Waals surface area contributed by atoms with Crippen molar-refractivity contribution in [3.8, 4) is 0 Å². The fourth-order valence-electron chi connectivity index (χ4n) is 0.879. The monoisotopic (exact) mass is 245 g/mol. The van der Waals surface area contributed by atoms with Gasteiger partial charge in [0.1, 0.15) is 5.82 Å². The molecule has 1 aromatic heterocycles. The quantitative estimate of drug-likeness (QED) is 0.563. The number of rotatable bonds is 5. The molecular formula is C7H11N5O3S. The Hall–Kier alpha value is -1.74. The van der Waals surface area contributed by atoms with Gasteiger partial charge in [-0.2, -0.15) is 0 Å². The lowest BCUT2D eigenvalue weighted by molar-refractivity contribution is 0.0994. The number of anilines is 1. The molecule has 0 saturated heterocycles. The lowest BCUT2D eigenvalue weighted by Gasteiger charge is -2.03. The molecule has 0 fully saturated rings. The molecule has 0 spiro atoms. The van der Waals surface area contributed by atoms with Gasteiger partial charge in [0.15, 0.2) is 5.69 Å². The van der Waals surface area contributed by atoms with Gasteiger partial charge in [-0.15, -0.1) is 10.2 Å². The van der Waals surface area contributed by atoms with Crippen molar-refractivity contribution in [2.45, 2.75) is 0 Å². The molecule has 0 saturated carbocycles. The maximum Gasteiger partial charge on any atom is 0.269 e. The SMILES string of the molecule is NC(=O)c1ccc(NCCS(N)(=O)=O)nn1. The van der Waals surface area contributed by atoms with E-state index in [1.165, 1.54) is 12.1 Å². The Morgan fingerprint density at radius 2 is 2.06 bits per heavy atom. The van der Waals surface area contributed by atoms with Crippen molar-refractivity contribution < 1.29 is 13.2 Å². The number of aromatic nitrogens is 2. The number of nitrogens with zero attached hydrogens (tertiary/aromatic N) is 2. The molecule has 88 valence electrons. The van der Waals surface area contributed by atoms with Gasteiger partial charge in [-0.3, -0.25) is 4.79 Å². The van der Waals surface area contributed by atoms with E-state index >= 15 is 0 Å². The summed E-state index contributed by atoms with van der Waals surface area (Å²) >= 11 is 0. The first-order valence-electron chi connectivity index (χ1n) is 4.26. The Bertz CT molecular complexity index is 469. The second kappa shape index (κ2) is 4.86. The van der Waals surface area contributed by atoms with Gasteiger partial charge >= 0.3 is 0 Å². The predicted octanol–water partition coefficient (Wildman–Crippen LogP) is -1.72. The molecule has 0 atom stereocenters. The average Bonchev–Trinajstić information content (AvgIpc) is 2.16. The van der Waals surface area contributed by atoms with Crippen LogP contribution < -0.4 is 16.2 Å². The molecule has 8 nitrogen and oxygen atoms in total. The maximum atomic E-state index is 10.7. The fourth-order valence-corrected chi connectivity index (χ4v) is 1.27. The number of hydrogen-bond donors (Lipinski definition) is 3. The van der Waals surface area contributed by atoms with Crippen LogP contribution >= 0.6 is 0 Å². The largest absolute Gasteiger partial charge is 0.368 e. The molecule has 1 rings (SSSR count). The summed E-state index contributed by atoms with van der Waals surface area (Å²) in [5.41, 5.74) is 5.00. The molecule has 0 radical (unpaired) electrons. The molecule has 0 unspecified atom stereocenters. The van der Waals surface area contributed by atoms with Gasteiger partial charge in [0, 0.05) is 6.54 Å². The van der Waals surface area contributed by atoms with Crippen LogP contribution in [-0.2, 0) is 10.0 Å². The smallest absolute Gasteiger partial charge is 0.269 e. The molecule has 0 bridgehead atoms. The lowest BCUT2D eigenvalue weighted by atomic mass is 10.4. The number of carbonyl (C=O) groups excluding carboxylic acids is 1. The second-order valence-corrected chi connectivity index (χ2v) is 4.70. The topological polar surface area (TPSA) is 141 Å². The highest BCUT2D eigenvalue weighted by molar-refractivity contribution is 7.89. The number of hydrogen-bond acceptors (Lipinski definition) is 6. The van der Waals surface area contributed by atoms with Gasteiger partial charge in [-0.25, -0.2) is 13.6 Å². The zero-order valence-corrected chi connectivity index (χ0v) is 9.07. The van der Waals surface area contributed by atoms with Crippen LogP contribution in [0.4, 0.5) is 5.82 Å². The van der Waals surface area contributed by atoms with Crippen LogP contribution in [0.3, 0.4) is 0 Å². The van der Waals surface area contributed by atoms with Crippen molar-refractivity contribution in [1.82, 2.24) is 10.2 Å². The third-order valence-electron chi connectivity index (χ3n) is 1.61. The number of sulfonamides is 1. The summed E-state index contributed by atoms with van der Waals surface area (Å²) in [6, 6.07) is 2.85. The van der Waals surface area contributed by atoms with E-state index in [1.54, 1.807) is 0 Å². The molecule has 0 aliphatic carbocycles. The summed E-state index contributed by atoms with van der Waals surface area (Å²) in [4.78, 5) is 10.7. The van der Waals surface area contributed by atoms with Gasteiger partial charge in [0.2, 0.25) is 10.0 Å². The Morgan fingerprint density at radius 3 is 2.50 bits per heavy atom. The van der Waals surface area contributed by atoms with E-state index in [0.717, 1.165) is 0 Å². The highest BCUT2D eigenvalue weighted by atomic mass is 32.2. The summed E-state index contributed by atoms with van der Waals surface area (Å²) < 4.78 is 21.2. The third-order valence-corrected chi connectivity index (χ3v) is 2.38. The predicted molar refractivity (Wildman–Crippen MR) is 57.0 cm³/mol. The van der Waals surface area contributed by atoms with E-state index in [0.29, 0.717) is 5.82 Å². The first-order chi connectivity index (χ1) is 7.38. The minimum atomic E-state index is -3.50. The van der Waals surface area contributed by atoms with Crippen molar-refractivity contribution in [2.75, 3.05) is 17.6 Å². The molecule has 0 aliphatic rings. The van der Waals surface area contributed by atoms with Crippen molar-refractivity contribution in [1.29, 1.82) is 0 Å². The lowest BCUT2D eigenvalue weighted by Crippen LogP contribution is -2.23. The van der Waals surface area contributed by atoms with Crippen molar-refractivity contribution in [3.63, 3.8) is 0 Å². The van der Waals surface area contributed by atoms with Crippen LogP contribution in [0.1, 0.15) is 10.5 Å². The molecule has 1 amide bonds. The summed E-state index contributed by atoms with van der Waals surface area (Å²) in [5, 5.41) is 14.6. The summed E-state index contributed by atoms with van der Waals surface area (Å²) in [6.45, 7) is 0.115. The van der Waals surface area contributed by atoms with Crippen molar-refractivity contribution in [3.05, 3.63) is 17.8 Å². The van der Waals surface area contributed by atoms with Crippen LogP contribution in [0.25, 0.3) is 0 Å². The van der Waals surface area contributed by atoms with E-state index in [9.17, 15) is 13.2 Å². The molecular weight excluding hydrogens is 234 g/mol. The number of carbonyl (C=O) groups is 1. The Balaban J connectivity index is 2.53.